The van der Waals surface area contributed by atoms with Crippen LogP contribution in [0.4, 0.5) is 0 Å². The molecular weight excluding hydrogens is 415 g/mol. The second-order valence-corrected chi connectivity index (χ2v) is 7.89. The second-order valence-electron chi connectivity index (χ2n) is 5.12. The van der Waals surface area contributed by atoms with E-state index in [2.05, 4.69) is 5.10 Å². The zero-order chi connectivity index (χ0) is 18.2. The maximum atomic E-state index is 12.6. The van der Waals surface area contributed by atoms with Gasteiger partial charge in [0.05, 0.1) is 22.8 Å². The van der Waals surface area contributed by atoms with Gasteiger partial charge in [-0.05, 0) is 19.1 Å². The van der Waals surface area contributed by atoms with E-state index in [-0.39, 0.29) is 44.3 Å². The van der Waals surface area contributed by atoms with Crippen LogP contribution in [0.3, 0.4) is 0 Å². The smallest absolute Gasteiger partial charge is 0.346 e. The van der Waals surface area contributed by atoms with Crippen molar-refractivity contribution in [2.45, 2.75) is 24.5 Å². The molecule has 1 atom stereocenters. The first kappa shape index (κ1) is 18.6. The van der Waals surface area contributed by atoms with Gasteiger partial charge in [0.1, 0.15) is 12.7 Å². The molecule has 1 aromatic carbocycles. The number of halogens is 3. The van der Waals surface area contributed by atoms with Crippen molar-refractivity contribution >= 4 is 44.9 Å². The molecule has 1 aromatic heterocycles. The molecule has 136 valence electrons. The fourth-order valence-corrected chi connectivity index (χ4v) is 4.35. The van der Waals surface area contributed by atoms with Gasteiger partial charge in [-0.25, -0.2) is 4.68 Å². The summed E-state index contributed by atoms with van der Waals surface area (Å²) >= 11 is 17.8. The maximum absolute atomic E-state index is 12.6. The quantitative estimate of drug-likeness (QED) is 0.680. The van der Waals surface area contributed by atoms with E-state index in [1.54, 1.807) is 0 Å². The lowest BCUT2D eigenvalue weighted by atomic mass is 10.3. The molecule has 2 heterocycles. The van der Waals surface area contributed by atoms with Crippen LogP contribution >= 0.6 is 34.8 Å². The Labute approximate surface area is 159 Å². The fraction of sp³-hybridized carbons (Fsp3) is 0.357. The molecule has 25 heavy (non-hydrogen) atoms. The third-order valence-corrected chi connectivity index (χ3v) is 5.35. The summed E-state index contributed by atoms with van der Waals surface area (Å²) in [7, 11) is -4.26. The van der Waals surface area contributed by atoms with E-state index in [0.29, 0.717) is 13.2 Å². The number of benzene rings is 1. The molecule has 2 aromatic rings. The monoisotopic (exact) mass is 426 g/mol. The topological polar surface area (TPSA) is 79.7 Å². The third-order valence-electron chi connectivity index (χ3n) is 3.37. The van der Waals surface area contributed by atoms with E-state index < -0.39 is 10.1 Å². The molecule has 0 amide bonds. The van der Waals surface area contributed by atoms with Crippen LogP contribution < -0.4 is 8.92 Å². The molecule has 1 aliphatic heterocycles. The van der Waals surface area contributed by atoms with Crippen molar-refractivity contribution in [2.24, 2.45) is 0 Å². The van der Waals surface area contributed by atoms with Gasteiger partial charge in [0.25, 0.3) is 0 Å². The molecule has 0 aliphatic carbocycles. The minimum Gasteiger partial charge on any atom is -0.474 e. The molecule has 0 N–H and O–H groups in total. The molecule has 0 spiro atoms. The van der Waals surface area contributed by atoms with Gasteiger partial charge in [0.15, 0.2) is 10.6 Å². The lowest BCUT2D eigenvalue weighted by Crippen LogP contribution is -2.33. The first-order chi connectivity index (χ1) is 11.8. The Morgan fingerprint density at radius 1 is 1.32 bits per heavy atom. The van der Waals surface area contributed by atoms with Crippen molar-refractivity contribution in [2.75, 3.05) is 13.2 Å². The number of hydrogen-bond donors (Lipinski definition) is 0. The van der Waals surface area contributed by atoms with Crippen LogP contribution in [0.5, 0.6) is 11.6 Å². The number of nitrogens with zero attached hydrogens (tertiary/aromatic N) is 2. The highest BCUT2D eigenvalue weighted by Gasteiger charge is 2.32. The molecule has 0 saturated carbocycles. The Kier molecular flexibility index (Phi) is 5.36. The van der Waals surface area contributed by atoms with Crippen LogP contribution in [0.25, 0.3) is 0 Å². The summed E-state index contributed by atoms with van der Waals surface area (Å²) in [6, 6.07) is 2.66. The molecule has 0 fully saturated rings. The maximum Gasteiger partial charge on any atom is 0.346 e. The van der Waals surface area contributed by atoms with Crippen LogP contribution in [0.2, 0.25) is 15.1 Å². The number of rotatable bonds is 5. The first-order valence-electron chi connectivity index (χ1n) is 7.21. The van der Waals surface area contributed by atoms with Gasteiger partial charge in [-0.15, -0.1) is 0 Å². The normalized spacial score (nSPS) is 17.0. The first-order valence-corrected chi connectivity index (χ1v) is 9.75. The molecule has 0 saturated heterocycles. The van der Waals surface area contributed by atoms with Gasteiger partial charge >= 0.3 is 10.1 Å². The molecular formula is C14H13Cl3N2O5S. The van der Waals surface area contributed by atoms with E-state index in [0.717, 1.165) is 6.20 Å². The number of fused-ring (bicyclic) bond motifs is 1. The van der Waals surface area contributed by atoms with Crippen molar-refractivity contribution in [3.8, 4) is 11.6 Å². The van der Waals surface area contributed by atoms with Gasteiger partial charge in [0, 0.05) is 11.6 Å². The Hall–Kier alpha value is -1.19. The minimum absolute atomic E-state index is 0.0283. The Bertz CT molecular complexity index is 877. The number of hydrogen-bond acceptors (Lipinski definition) is 6. The summed E-state index contributed by atoms with van der Waals surface area (Å²) in [5.74, 6) is -0.132. The summed E-state index contributed by atoms with van der Waals surface area (Å²) in [6.45, 7) is 2.97. The molecule has 11 heteroatoms. The highest BCUT2D eigenvalue weighted by atomic mass is 35.5. The summed E-state index contributed by atoms with van der Waals surface area (Å²) in [6.07, 6.45) is 0.950. The molecule has 0 radical (unpaired) electrons. The minimum atomic E-state index is -4.26. The van der Waals surface area contributed by atoms with Crippen LogP contribution in [0.1, 0.15) is 6.92 Å². The SMILES string of the molecule is CCO[C@H]1COc2c(S(=O)(=O)Oc3c(Cl)cc(Cl)cc3Cl)cnn2C1. The van der Waals surface area contributed by atoms with Crippen molar-refractivity contribution in [1.29, 1.82) is 0 Å². The number of aromatic nitrogens is 2. The van der Waals surface area contributed by atoms with E-state index in [9.17, 15) is 8.42 Å². The van der Waals surface area contributed by atoms with Crippen molar-refractivity contribution < 1.29 is 22.1 Å². The lowest BCUT2D eigenvalue weighted by molar-refractivity contribution is -0.00765. The Morgan fingerprint density at radius 2 is 2.00 bits per heavy atom. The molecule has 7 nitrogen and oxygen atoms in total. The largest absolute Gasteiger partial charge is 0.474 e. The van der Waals surface area contributed by atoms with Gasteiger partial charge < -0.3 is 13.7 Å². The molecule has 0 unspecified atom stereocenters. The van der Waals surface area contributed by atoms with E-state index in [4.69, 9.17) is 48.5 Å². The average molecular weight is 428 g/mol. The summed E-state index contributed by atoms with van der Waals surface area (Å²) in [5, 5.41) is 4.22. The summed E-state index contributed by atoms with van der Waals surface area (Å²) in [4.78, 5) is -0.218. The van der Waals surface area contributed by atoms with Gasteiger partial charge in [-0.1, -0.05) is 34.8 Å². The van der Waals surface area contributed by atoms with Gasteiger partial charge in [-0.2, -0.15) is 13.5 Å². The van der Waals surface area contributed by atoms with Gasteiger partial charge in [-0.3, -0.25) is 0 Å². The predicted octanol–water partition coefficient (Wildman–Crippen LogP) is 3.41. The average Bonchev–Trinajstić information content (AvgIpc) is 2.95. The fourth-order valence-electron chi connectivity index (χ4n) is 2.32. The van der Waals surface area contributed by atoms with E-state index in [1.165, 1.54) is 16.8 Å². The zero-order valence-electron chi connectivity index (χ0n) is 12.9. The lowest BCUT2D eigenvalue weighted by Gasteiger charge is -2.24. The van der Waals surface area contributed by atoms with Crippen LogP contribution in [-0.2, 0) is 21.4 Å². The number of ether oxygens (including phenoxy) is 2. The molecule has 0 bridgehead atoms. The van der Waals surface area contributed by atoms with Crippen LogP contribution in [0, 0.1) is 0 Å². The van der Waals surface area contributed by atoms with Crippen molar-refractivity contribution in [3.05, 3.63) is 33.4 Å². The highest BCUT2D eigenvalue weighted by Crippen LogP contribution is 2.38. The molecule has 1 aliphatic rings. The van der Waals surface area contributed by atoms with Gasteiger partial charge in [0.2, 0.25) is 5.88 Å². The Balaban J connectivity index is 1.90. The van der Waals surface area contributed by atoms with E-state index >= 15 is 0 Å². The molecule has 3 rings (SSSR count). The van der Waals surface area contributed by atoms with Crippen molar-refractivity contribution in [1.82, 2.24) is 9.78 Å². The second kappa shape index (κ2) is 7.20. The third kappa shape index (κ3) is 3.83. The predicted molar refractivity (Wildman–Crippen MR) is 92.4 cm³/mol. The van der Waals surface area contributed by atoms with Crippen molar-refractivity contribution in [3.63, 3.8) is 0 Å². The van der Waals surface area contributed by atoms with E-state index in [1.807, 2.05) is 6.92 Å². The summed E-state index contributed by atoms with van der Waals surface area (Å²) < 4.78 is 42.6. The Morgan fingerprint density at radius 3 is 2.64 bits per heavy atom. The van der Waals surface area contributed by atoms with Crippen LogP contribution in [-0.4, -0.2) is 37.5 Å². The highest BCUT2D eigenvalue weighted by molar-refractivity contribution is 7.87. The standard InChI is InChI=1S/C14H13Cl3N2O5S/c1-2-22-9-6-19-14(23-7-9)12(5-18-19)25(20,21)24-13-10(16)3-8(15)4-11(13)17/h3-5,9H,2,6-7H2,1H3/t9-/m1/s1. The summed E-state index contributed by atoms with van der Waals surface area (Å²) in [5.41, 5.74) is 0. The van der Waals surface area contributed by atoms with Crippen LogP contribution in [0.15, 0.2) is 23.2 Å². The zero-order valence-corrected chi connectivity index (χ0v) is 16.0.